The van der Waals surface area contributed by atoms with Crippen LogP contribution in [0.4, 0.5) is 5.69 Å². The van der Waals surface area contributed by atoms with Gasteiger partial charge in [0.25, 0.3) is 0 Å². The van der Waals surface area contributed by atoms with E-state index in [1.807, 2.05) is 60.7 Å². The van der Waals surface area contributed by atoms with Crippen LogP contribution in [0, 0.1) is 11.3 Å². The number of nitrogens with two attached hydrogens (primary N) is 1. The Hall–Kier alpha value is -3.12. The quantitative estimate of drug-likeness (QED) is 0.769. The molecule has 0 aliphatic heterocycles. The summed E-state index contributed by atoms with van der Waals surface area (Å²) in [5, 5.41) is 9.35. The summed E-state index contributed by atoms with van der Waals surface area (Å²) >= 11 is 0. The molecule has 3 rings (SSSR count). The summed E-state index contributed by atoms with van der Waals surface area (Å²) < 4.78 is 0. The lowest BCUT2D eigenvalue weighted by atomic mass is 10.0. The molecule has 2 aromatic carbocycles. The van der Waals surface area contributed by atoms with Crippen molar-refractivity contribution in [3.05, 3.63) is 72.3 Å². The lowest BCUT2D eigenvalue weighted by Gasteiger charge is -2.10. The van der Waals surface area contributed by atoms with E-state index < -0.39 is 0 Å². The summed E-state index contributed by atoms with van der Waals surface area (Å²) in [5.41, 5.74) is 10.2. The minimum atomic E-state index is 0.417. The summed E-state index contributed by atoms with van der Waals surface area (Å²) in [6.07, 6.45) is 0. The minimum absolute atomic E-state index is 0.417. The molecule has 0 bridgehead atoms. The number of pyridine rings is 1. The predicted octanol–water partition coefficient (Wildman–Crippen LogP) is 3.87. The molecule has 0 saturated heterocycles. The molecule has 0 atom stereocenters. The van der Waals surface area contributed by atoms with Crippen LogP contribution in [-0.4, -0.2) is 4.98 Å². The normalized spacial score (nSPS) is 10.0. The van der Waals surface area contributed by atoms with Crippen molar-refractivity contribution in [3.8, 4) is 28.6 Å². The van der Waals surface area contributed by atoms with Crippen molar-refractivity contribution in [3.63, 3.8) is 0 Å². The number of nitrogen functional groups attached to an aromatic ring is 1. The van der Waals surface area contributed by atoms with Gasteiger partial charge in [0.1, 0.15) is 11.6 Å². The molecule has 0 spiro atoms. The highest BCUT2D eigenvalue weighted by molar-refractivity contribution is 5.78. The van der Waals surface area contributed by atoms with Crippen LogP contribution in [0.15, 0.2) is 66.7 Å². The van der Waals surface area contributed by atoms with Crippen molar-refractivity contribution in [2.75, 3.05) is 5.73 Å². The van der Waals surface area contributed by atoms with E-state index >= 15 is 0 Å². The summed E-state index contributed by atoms with van der Waals surface area (Å²) in [6, 6.07) is 23.3. The Morgan fingerprint density at radius 2 is 1.43 bits per heavy atom. The van der Waals surface area contributed by atoms with E-state index in [0.29, 0.717) is 16.9 Å². The van der Waals surface area contributed by atoms with Gasteiger partial charge in [-0.1, -0.05) is 60.7 Å². The average Bonchev–Trinajstić information content (AvgIpc) is 2.55. The van der Waals surface area contributed by atoms with Gasteiger partial charge in [0.05, 0.1) is 17.1 Å². The maximum Gasteiger partial charge on any atom is 0.104 e. The highest BCUT2D eigenvalue weighted by atomic mass is 14.7. The van der Waals surface area contributed by atoms with Crippen molar-refractivity contribution in [2.24, 2.45) is 0 Å². The maximum atomic E-state index is 9.35. The van der Waals surface area contributed by atoms with Gasteiger partial charge in [0.15, 0.2) is 0 Å². The molecule has 0 unspecified atom stereocenters. The third kappa shape index (κ3) is 2.47. The second kappa shape index (κ2) is 5.48. The molecule has 2 N–H and O–H groups in total. The van der Waals surface area contributed by atoms with Crippen molar-refractivity contribution >= 4 is 5.69 Å². The van der Waals surface area contributed by atoms with Crippen molar-refractivity contribution in [2.45, 2.75) is 0 Å². The molecule has 1 heterocycles. The van der Waals surface area contributed by atoms with E-state index in [0.717, 1.165) is 16.8 Å². The lowest BCUT2D eigenvalue weighted by Crippen LogP contribution is -1.99. The minimum Gasteiger partial charge on any atom is -0.398 e. The largest absolute Gasteiger partial charge is 0.398 e. The lowest BCUT2D eigenvalue weighted by molar-refractivity contribution is 1.30. The number of nitriles is 1. The first-order valence-corrected chi connectivity index (χ1v) is 6.61. The van der Waals surface area contributed by atoms with E-state index in [4.69, 9.17) is 5.73 Å². The first kappa shape index (κ1) is 12.9. The van der Waals surface area contributed by atoms with Gasteiger partial charge in [-0.2, -0.15) is 5.26 Å². The van der Waals surface area contributed by atoms with Gasteiger partial charge in [0.2, 0.25) is 0 Å². The topological polar surface area (TPSA) is 62.7 Å². The van der Waals surface area contributed by atoms with Gasteiger partial charge in [0, 0.05) is 11.1 Å². The number of aromatic nitrogens is 1. The van der Waals surface area contributed by atoms with Gasteiger partial charge in [-0.25, -0.2) is 4.98 Å². The molecule has 0 radical (unpaired) electrons. The Morgan fingerprint density at radius 3 is 2.00 bits per heavy atom. The molecule has 0 aliphatic carbocycles. The number of nitrogens with zero attached hydrogens (tertiary/aromatic N) is 2. The number of hydrogen-bond donors (Lipinski definition) is 1. The monoisotopic (exact) mass is 271 g/mol. The van der Waals surface area contributed by atoms with E-state index in [1.165, 1.54) is 0 Å². The molecule has 0 saturated carbocycles. The Kier molecular flexibility index (Phi) is 3.36. The molecule has 100 valence electrons. The molecule has 3 heteroatoms. The fourth-order valence-electron chi connectivity index (χ4n) is 2.24. The number of anilines is 1. The van der Waals surface area contributed by atoms with Gasteiger partial charge in [-0.3, -0.25) is 0 Å². The van der Waals surface area contributed by atoms with Crippen LogP contribution in [0.1, 0.15) is 5.56 Å². The smallest absolute Gasteiger partial charge is 0.104 e. The predicted molar refractivity (Wildman–Crippen MR) is 84.2 cm³/mol. The summed E-state index contributed by atoms with van der Waals surface area (Å²) in [7, 11) is 0. The molecule has 3 nitrogen and oxygen atoms in total. The van der Waals surface area contributed by atoms with Crippen LogP contribution in [0.2, 0.25) is 0 Å². The van der Waals surface area contributed by atoms with Crippen LogP contribution < -0.4 is 5.73 Å². The van der Waals surface area contributed by atoms with Crippen LogP contribution >= 0.6 is 0 Å². The Labute approximate surface area is 123 Å². The third-order valence-corrected chi connectivity index (χ3v) is 3.28. The van der Waals surface area contributed by atoms with Crippen molar-refractivity contribution in [1.82, 2.24) is 4.98 Å². The highest BCUT2D eigenvalue weighted by Gasteiger charge is 2.13. The van der Waals surface area contributed by atoms with Crippen LogP contribution in [0.3, 0.4) is 0 Å². The molecule has 3 aromatic rings. The standard InChI is InChI=1S/C18H13N3/c19-12-15-16(20)11-17(13-7-3-1-4-8-13)21-18(15)14-9-5-2-6-10-14/h1-11H,(H2,20,21). The first-order chi connectivity index (χ1) is 10.3. The SMILES string of the molecule is N#Cc1c(N)cc(-c2ccccc2)nc1-c1ccccc1. The van der Waals surface area contributed by atoms with Gasteiger partial charge < -0.3 is 5.73 Å². The Morgan fingerprint density at radius 1 is 0.857 bits per heavy atom. The Bertz CT molecular complexity index is 803. The Balaban J connectivity index is 2.24. The summed E-state index contributed by atoms with van der Waals surface area (Å²) in [5.74, 6) is 0. The molecular weight excluding hydrogens is 258 g/mol. The fraction of sp³-hybridized carbons (Fsp3) is 0. The number of benzene rings is 2. The third-order valence-electron chi connectivity index (χ3n) is 3.28. The number of hydrogen-bond acceptors (Lipinski definition) is 3. The molecular formula is C18H13N3. The van der Waals surface area contributed by atoms with Crippen LogP contribution in [-0.2, 0) is 0 Å². The van der Waals surface area contributed by atoms with E-state index in [9.17, 15) is 5.26 Å². The van der Waals surface area contributed by atoms with Crippen molar-refractivity contribution < 1.29 is 0 Å². The maximum absolute atomic E-state index is 9.35. The van der Waals surface area contributed by atoms with Crippen molar-refractivity contribution in [1.29, 1.82) is 5.26 Å². The zero-order chi connectivity index (χ0) is 14.7. The average molecular weight is 271 g/mol. The van der Waals surface area contributed by atoms with Gasteiger partial charge >= 0.3 is 0 Å². The highest BCUT2D eigenvalue weighted by Crippen LogP contribution is 2.29. The van der Waals surface area contributed by atoms with Crippen LogP contribution in [0.25, 0.3) is 22.5 Å². The van der Waals surface area contributed by atoms with E-state index in [1.54, 1.807) is 6.07 Å². The van der Waals surface area contributed by atoms with E-state index in [2.05, 4.69) is 11.1 Å². The van der Waals surface area contributed by atoms with E-state index in [-0.39, 0.29) is 0 Å². The zero-order valence-electron chi connectivity index (χ0n) is 11.3. The zero-order valence-corrected chi connectivity index (χ0v) is 11.3. The molecule has 1 aromatic heterocycles. The molecule has 21 heavy (non-hydrogen) atoms. The number of rotatable bonds is 2. The van der Waals surface area contributed by atoms with Crippen LogP contribution in [0.5, 0.6) is 0 Å². The summed E-state index contributed by atoms with van der Waals surface area (Å²) in [4.78, 5) is 4.64. The molecule has 0 fully saturated rings. The van der Waals surface area contributed by atoms with Gasteiger partial charge in [-0.15, -0.1) is 0 Å². The molecule has 0 amide bonds. The summed E-state index contributed by atoms with van der Waals surface area (Å²) in [6.45, 7) is 0. The molecule has 0 aliphatic rings. The van der Waals surface area contributed by atoms with Gasteiger partial charge in [-0.05, 0) is 6.07 Å². The second-order valence-electron chi connectivity index (χ2n) is 4.66. The second-order valence-corrected chi connectivity index (χ2v) is 4.66. The fourth-order valence-corrected chi connectivity index (χ4v) is 2.24. The first-order valence-electron chi connectivity index (χ1n) is 6.61.